The molecule has 1 aromatic carbocycles. The van der Waals surface area contributed by atoms with Crippen molar-refractivity contribution in [3.05, 3.63) is 29.8 Å². The van der Waals surface area contributed by atoms with Crippen LogP contribution < -0.4 is 0 Å². The van der Waals surface area contributed by atoms with Gasteiger partial charge in [-0.3, -0.25) is 9.59 Å². The van der Waals surface area contributed by atoms with Crippen LogP contribution in [0.15, 0.2) is 29.2 Å². The lowest BCUT2D eigenvalue weighted by molar-refractivity contribution is -0.136. The Morgan fingerprint density at radius 2 is 1.91 bits per heavy atom. The molecule has 0 aliphatic carbocycles. The zero-order valence-corrected chi connectivity index (χ0v) is 14.3. The van der Waals surface area contributed by atoms with E-state index in [1.54, 1.807) is 36.1 Å². The van der Waals surface area contributed by atoms with Crippen LogP contribution in [0.1, 0.15) is 43.5 Å². The molecule has 23 heavy (non-hydrogen) atoms. The van der Waals surface area contributed by atoms with Gasteiger partial charge in [0.25, 0.3) is 5.91 Å². The van der Waals surface area contributed by atoms with Gasteiger partial charge in [-0.25, -0.2) is 0 Å². The average Bonchev–Trinajstić information content (AvgIpc) is 2.55. The van der Waals surface area contributed by atoms with Gasteiger partial charge in [0.2, 0.25) is 0 Å². The second-order valence-electron chi connectivity index (χ2n) is 5.96. The SMILES string of the molecule is CCC1(O)CCN(C(=O)c2ccccc2SC(C)C(=O)O)CC1. The standard InChI is InChI=1S/C17H23NO4S/c1-3-17(22)8-10-18(11-9-17)15(19)13-6-4-5-7-14(13)23-12(2)16(20)21/h4-7,12,22H,3,8-11H2,1-2H3,(H,20,21). The molecule has 5 nitrogen and oxygen atoms in total. The number of hydrogen-bond acceptors (Lipinski definition) is 4. The van der Waals surface area contributed by atoms with Gasteiger partial charge in [0.05, 0.1) is 11.2 Å². The Hall–Kier alpha value is -1.53. The zero-order valence-electron chi connectivity index (χ0n) is 13.5. The molecule has 1 aromatic rings. The van der Waals surface area contributed by atoms with Gasteiger partial charge in [0.15, 0.2) is 0 Å². The molecule has 2 N–H and O–H groups in total. The summed E-state index contributed by atoms with van der Waals surface area (Å²) in [6.45, 7) is 4.61. The van der Waals surface area contributed by atoms with Gasteiger partial charge in [-0.05, 0) is 38.3 Å². The summed E-state index contributed by atoms with van der Waals surface area (Å²) in [7, 11) is 0. The molecule has 1 saturated heterocycles. The van der Waals surface area contributed by atoms with E-state index in [4.69, 9.17) is 5.11 Å². The second kappa shape index (κ2) is 7.36. The molecule has 1 fully saturated rings. The average molecular weight is 337 g/mol. The van der Waals surface area contributed by atoms with Crippen LogP contribution in [0.5, 0.6) is 0 Å². The van der Waals surface area contributed by atoms with E-state index in [0.717, 1.165) is 0 Å². The van der Waals surface area contributed by atoms with Crippen LogP contribution in [0, 0.1) is 0 Å². The normalized spacial score (nSPS) is 18.5. The van der Waals surface area contributed by atoms with Gasteiger partial charge >= 0.3 is 5.97 Å². The Kier molecular flexibility index (Phi) is 5.70. The molecule has 6 heteroatoms. The van der Waals surface area contributed by atoms with Crippen molar-refractivity contribution < 1.29 is 19.8 Å². The number of thioether (sulfide) groups is 1. The lowest BCUT2D eigenvalue weighted by Gasteiger charge is -2.37. The molecule has 0 aromatic heterocycles. The summed E-state index contributed by atoms with van der Waals surface area (Å²) >= 11 is 1.18. The molecule has 1 amide bonds. The molecule has 1 heterocycles. The quantitative estimate of drug-likeness (QED) is 0.808. The smallest absolute Gasteiger partial charge is 0.316 e. The van der Waals surface area contributed by atoms with Crippen LogP contribution in [-0.4, -0.2) is 50.9 Å². The van der Waals surface area contributed by atoms with Crippen molar-refractivity contribution in [3.8, 4) is 0 Å². The van der Waals surface area contributed by atoms with Crippen molar-refractivity contribution in [2.75, 3.05) is 13.1 Å². The molecular weight excluding hydrogens is 314 g/mol. The Morgan fingerprint density at radius 3 is 2.48 bits per heavy atom. The predicted octanol–water partition coefficient (Wildman–Crippen LogP) is 2.63. The number of aliphatic hydroxyl groups is 1. The van der Waals surface area contributed by atoms with Gasteiger partial charge in [-0.15, -0.1) is 11.8 Å². The summed E-state index contributed by atoms with van der Waals surface area (Å²) in [5.41, 5.74) is -0.129. The number of likely N-dealkylation sites (tertiary alicyclic amines) is 1. The second-order valence-corrected chi connectivity index (χ2v) is 7.35. The van der Waals surface area contributed by atoms with E-state index in [1.807, 2.05) is 6.92 Å². The van der Waals surface area contributed by atoms with Crippen LogP contribution in [0.2, 0.25) is 0 Å². The number of piperidine rings is 1. The third-order valence-electron chi connectivity index (χ3n) is 4.41. The fraction of sp³-hybridized carbons (Fsp3) is 0.529. The van der Waals surface area contributed by atoms with E-state index in [9.17, 15) is 14.7 Å². The van der Waals surface area contributed by atoms with Crippen LogP contribution >= 0.6 is 11.8 Å². The van der Waals surface area contributed by atoms with E-state index in [0.29, 0.717) is 42.8 Å². The first-order valence-electron chi connectivity index (χ1n) is 7.86. The summed E-state index contributed by atoms with van der Waals surface area (Å²) < 4.78 is 0. The largest absolute Gasteiger partial charge is 0.480 e. The number of carboxylic acid groups (broad SMARTS) is 1. The Bertz CT molecular complexity index is 582. The lowest BCUT2D eigenvalue weighted by Crippen LogP contribution is -2.46. The van der Waals surface area contributed by atoms with Crippen molar-refractivity contribution in [1.29, 1.82) is 0 Å². The number of aliphatic carboxylic acids is 1. The number of carboxylic acids is 1. The van der Waals surface area contributed by atoms with Crippen molar-refractivity contribution in [1.82, 2.24) is 4.90 Å². The van der Waals surface area contributed by atoms with Gasteiger partial charge in [0.1, 0.15) is 5.25 Å². The molecular formula is C17H23NO4S. The lowest BCUT2D eigenvalue weighted by atomic mass is 9.89. The zero-order chi connectivity index (χ0) is 17.0. The molecule has 0 bridgehead atoms. The first kappa shape index (κ1) is 17.8. The molecule has 126 valence electrons. The summed E-state index contributed by atoms with van der Waals surface area (Å²) in [6.07, 6.45) is 1.85. The van der Waals surface area contributed by atoms with Crippen molar-refractivity contribution in [3.63, 3.8) is 0 Å². The number of hydrogen-bond donors (Lipinski definition) is 2. The minimum Gasteiger partial charge on any atom is -0.480 e. The fourth-order valence-electron chi connectivity index (χ4n) is 2.64. The predicted molar refractivity (Wildman–Crippen MR) is 89.8 cm³/mol. The van der Waals surface area contributed by atoms with Crippen LogP contribution in [0.4, 0.5) is 0 Å². The molecule has 2 rings (SSSR count). The number of rotatable bonds is 5. The van der Waals surface area contributed by atoms with Gasteiger partial charge < -0.3 is 15.1 Å². The molecule has 1 aliphatic rings. The van der Waals surface area contributed by atoms with Crippen molar-refractivity contribution >= 4 is 23.6 Å². The molecule has 1 atom stereocenters. The third kappa shape index (κ3) is 4.26. The Labute approximate surface area is 140 Å². The van der Waals surface area contributed by atoms with Crippen LogP contribution in [-0.2, 0) is 4.79 Å². The monoisotopic (exact) mass is 337 g/mol. The van der Waals surface area contributed by atoms with E-state index >= 15 is 0 Å². The molecule has 0 spiro atoms. The highest BCUT2D eigenvalue weighted by Crippen LogP contribution is 2.30. The maximum absolute atomic E-state index is 12.8. The molecule has 0 radical (unpaired) electrons. The van der Waals surface area contributed by atoms with Gasteiger partial charge in [0, 0.05) is 18.0 Å². The summed E-state index contributed by atoms with van der Waals surface area (Å²) in [5, 5.41) is 18.7. The van der Waals surface area contributed by atoms with Crippen LogP contribution in [0.3, 0.4) is 0 Å². The minimum atomic E-state index is -0.900. The molecule has 0 saturated carbocycles. The van der Waals surface area contributed by atoms with Crippen molar-refractivity contribution in [2.45, 2.75) is 48.9 Å². The van der Waals surface area contributed by atoms with Gasteiger partial charge in [-0.2, -0.15) is 0 Å². The summed E-state index contributed by atoms with van der Waals surface area (Å²) in [4.78, 5) is 26.2. The maximum Gasteiger partial charge on any atom is 0.316 e. The van der Waals surface area contributed by atoms with Crippen LogP contribution in [0.25, 0.3) is 0 Å². The first-order chi connectivity index (χ1) is 10.9. The summed E-state index contributed by atoms with van der Waals surface area (Å²) in [5.74, 6) is -0.993. The first-order valence-corrected chi connectivity index (χ1v) is 8.74. The number of benzene rings is 1. The van der Waals surface area contributed by atoms with E-state index in [2.05, 4.69) is 0 Å². The fourth-order valence-corrected chi connectivity index (χ4v) is 3.56. The topological polar surface area (TPSA) is 77.8 Å². The highest BCUT2D eigenvalue weighted by molar-refractivity contribution is 8.00. The minimum absolute atomic E-state index is 0.0937. The number of amides is 1. The van der Waals surface area contributed by atoms with Gasteiger partial charge in [-0.1, -0.05) is 19.1 Å². The Balaban J connectivity index is 2.13. The highest BCUT2D eigenvalue weighted by Gasteiger charge is 2.33. The molecule has 1 aliphatic heterocycles. The number of nitrogens with zero attached hydrogens (tertiary/aromatic N) is 1. The summed E-state index contributed by atoms with van der Waals surface area (Å²) in [6, 6.07) is 7.11. The number of carbonyl (C=O) groups is 2. The highest BCUT2D eigenvalue weighted by atomic mass is 32.2. The van der Waals surface area contributed by atoms with E-state index < -0.39 is 16.8 Å². The Morgan fingerprint density at radius 1 is 1.30 bits per heavy atom. The number of carbonyl (C=O) groups excluding carboxylic acids is 1. The van der Waals surface area contributed by atoms with E-state index in [-0.39, 0.29) is 5.91 Å². The van der Waals surface area contributed by atoms with E-state index in [1.165, 1.54) is 11.8 Å². The third-order valence-corrected chi connectivity index (χ3v) is 5.57. The maximum atomic E-state index is 12.8. The molecule has 1 unspecified atom stereocenters. The van der Waals surface area contributed by atoms with Crippen molar-refractivity contribution in [2.24, 2.45) is 0 Å².